The van der Waals surface area contributed by atoms with Crippen LogP contribution in [0.25, 0.3) is 0 Å². The molecule has 1 saturated carbocycles. The topological polar surface area (TPSA) is 35.6 Å². The molecule has 1 amide bonds. The second kappa shape index (κ2) is 5.88. The highest BCUT2D eigenvalue weighted by atomic mass is 16.2. The fraction of sp³-hybridized carbons (Fsp3) is 0.941. The summed E-state index contributed by atoms with van der Waals surface area (Å²) >= 11 is 0. The van der Waals surface area contributed by atoms with E-state index in [1.54, 1.807) is 0 Å². The van der Waals surface area contributed by atoms with Gasteiger partial charge < -0.3 is 4.90 Å². The maximum Gasteiger partial charge on any atom is 0.244 e. The molecule has 2 heterocycles. The van der Waals surface area contributed by atoms with Crippen molar-refractivity contribution in [3.63, 3.8) is 0 Å². The molecule has 0 aromatic rings. The quantitative estimate of drug-likeness (QED) is 0.863. The Labute approximate surface area is 129 Å². The van der Waals surface area contributed by atoms with E-state index in [4.69, 9.17) is 0 Å². The van der Waals surface area contributed by atoms with Crippen molar-refractivity contribution in [2.75, 3.05) is 19.6 Å². The first kappa shape index (κ1) is 15.3. The molecule has 0 radical (unpaired) electrons. The zero-order valence-corrected chi connectivity index (χ0v) is 13.9. The van der Waals surface area contributed by atoms with Crippen molar-refractivity contribution >= 4 is 5.91 Å². The summed E-state index contributed by atoms with van der Waals surface area (Å²) in [6.45, 7) is 9.94. The average molecular weight is 293 g/mol. The van der Waals surface area contributed by atoms with Crippen LogP contribution in [0, 0.1) is 5.92 Å². The third-order valence-corrected chi connectivity index (χ3v) is 5.83. The van der Waals surface area contributed by atoms with Crippen LogP contribution in [0.5, 0.6) is 0 Å². The predicted octanol–water partition coefficient (Wildman–Crippen LogP) is 2.20. The lowest BCUT2D eigenvalue weighted by Crippen LogP contribution is -2.47. The number of nitrogens with one attached hydrogen (secondary N) is 1. The third kappa shape index (κ3) is 2.61. The second-order valence-corrected chi connectivity index (χ2v) is 7.50. The zero-order valence-electron chi connectivity index (χ0n) is 13.9. The fourth-order valence-electron chi connectivity index (χ4n) is 4.63. The first-order valence-electron chi connectivity index (χ1n) is 8.90. The average Bonchev–Trinajstić information content (AvgIpc) is 3.16. The van der Waals surface area contributed by atoms with Crippen molar-refractivity contribution < 1.29 is 4.79 Å². The minimum Gasteiger partial charge on any atom is -0.324 e. The molecule has 0 aromatic carbocycles. The Bertz CT molecular complexity index is 389. The smallest absolute Gasteiger partial charge is 0.244 e. The molecule has 1 aliphatic carbocycles. The molecule has 120 valence electrons. The molecule has 0 bridgehead atoms. The molecule has 4 nitrogen and oxygen atoms in total. The Morgan fingerprint density at radius 3 is 2.62 bits per heavy atom. The van der Waals surface area contributed by atoms with Crippen LogP contribution in [0.2, 0.25) is 0 Å². The fourth-order valence-corrected chi connectivity index (χ4v) is 4.63. The lowest BCUT2D eigenvalue weighted by Gasteiger charge is -2.32. The minimum atomic E-state index is -0.218. The highest BCUT2D eigenvalue weighted by Crippen LogP contribution is 2.38. The Kier molecular flexibility index (Phi) is 4.28. The summed E-state index contributed by atoms with van der Waals surface area (Å²) in [5, 5.41) is 3.73. The van der Waals surface area contributed by atoms with E-state index in [0.717, 1.165) is 25.9 Å². The molecule has 0 aromatic heterocycles. The monoisotopic (exact) mass is 293 g/mol. The minimum absolute atomic E-state index is 0.218. The highest BCUT2D eigenvalue weighted by Gasteiger charge is 2.53. The van der Waals surface area contributed by atoms with Gasteiger partial charge in [0.05, 0.1) is 11.7 Å². The van der Waals surface area contributed by atoms with Crippen LogP contribution in [-0.2, 0) is 4.79 Å². The molecule has 3 fully saturated rings. The summed E-state index contributed by atoms with van der Waals surface area (Å²) in [4.78, 5) is 17.8. The molecule has 2 atom stereocenters. The summed E-state index contributed by atoms with van der Waals surface area (Å²) in [5.74, 6) is 0.868. The molecule has 4 heteroatoms. The van der Waals surface area contributed by atoms with Gasteiger partial charge in [-0.25, -0.2) is 0 Å². The first-order valence-corrected chi connectivity index (χ1v) is 8.90. The van der Waals surface area contributed by atoms with Crippen LogP contribution in [0.15, 0.2) is 0 Å². The van der Waals surface area contributed by atoms with Gasteiger partial charge in [0.15, 0.2) is 0 Å². The number of carbonyl (C=O) groups is 1. The highest BCUT2D eigenvalue weighted by molar-refractivity contribution is 5.89. The van der Waals surface area contributed by atoms with Gasteiger partial charge in [-0.1, -0.05) is 33.6 Å². The molecule has 1 spiro atoms. The van der Waals surface area contributed by atoms with E-state index in [0.29, 0.717) is 17.9 Å². The molecule has 2 unspecified atom stereocenters. The number of hydrogen-bond donors (Lipinski definition) is 1. The van der Waals surface area contributed by atoms with Crippen molar-refractivity contribution in [1.82, 2.24) is 15.1 Å². The standard InChI is InChI=1S/C17H31N3O/c1-4-19-11-7-8-14(19)12-20-15(13(2)3)18-17(16(20)21)9-5-6-10-17/h13-15,18H,4-12H2,1-3H3. The summed E-state index contributed by atoms with van der Waals surface area (Å²) in [7, 11) is 0. The summed E-state index contributed by atoms with van der Waals surface area (Å²) in [6.07, 6.45) is 7.22. The van der Waals surface area contributed by atoms with Crippen LogP contribution in [0.3, 0.4) is 0 Å². The first-order chi connectivity index (χ1) is 10.1. The number of nitrogens with zero attached hydrogens (tertiary/aromatic N) is 2. The van der Waals surface area contributed by atoms with Crippen LogP contribution >= 0.6 is 0 Å². The van der Waals surface area contributed by atoms with E-state index in [2.05, 4.69) is 35.9 Å². The largest absolute Gasteiger partial charge is 0.324 e. The zero-order chi connectivity index (χ0) is 15.0. The van der Waals surface area contributed by atoms with Crippen molar-refractivity contribution in [1.29, 1.82) is 0 Å². The van der Waals surface area contributed by atoms with Gasteiger partial charge in [-0.2, -0.15) is 0 Å². The molecular weight excluding hydrogens is 262 g/mol. The lowest BCUT2D eigenvalue weighted by atomic mass is 9.98. The number of likely N-dealkylation sites (N-methyl/N-ethyl adjacent to an activating group) is 1. The van der Waals surface area contributed by atoms with Crippen molar-refractivity contribution in [2.45, 2.75) is 77.0 Å². The van der Waals surface area contributed by atoms with Gasteiger partial charge in [-0.15, -0.1) is 0 Å². The number of amides is 1. The number of rotatable bonds is 4. The maximum absolute atomic E-state index is 13.1. The lowest BCUT2D eigenvalue weighted by molar-refractivity contribution is -0.134. The van der Waals surface area contributed by atoms with E-state index < -0.39 is 0 Å². The number of carbonyl (C=O) groups excluding carboxylic acids is 1. The van der Waals surface area contributed by atoms with E-state index in [1.165, 1.54) is 32.2 Å². The summed E-state index contributed by atoms with van der Waals surface area (Å²) in [6, 6.07) is 0.568. The number of hydrogen-bond acceptors (Lipinski definition) is 3. The van der Waals surface area contributed by atoms with Gasteiger partial charge in [0.25, 0.3) is 0 Å². The van der Waals surface area contributed by atoms with Gasteiger partial charge in [0, 0.05) is 12.6 Å². The van der Waals surface area contributed by atoms with Crippen LogP contribution < -0.4 is 5.32 Å². The molecule has 1 N–H and O–H groups in total. The molecular formula is C17H31N3O. The Morgan fingerprint density at radius 1 is 1.29 bits per heavy atom. The van der Waals surface area contributed by atoms with E-state index >= 15 is 0 Å². The van der Waals surface area contributed by atoms with E-state index in [9.17, 15) is 4.79 Å². The van der Waals surface area contributed by atoms with Gasteiger partial charge in [-0.3, -0.25) is 15.0 Å². The van der Waals surface area contributed by atoms with Crippen molar-refractivity contribution in [3.05, 3.63) is 0 Å². The SMILES string of the molecule is CCN1CCCC1CN1C(=O)C2(CCCC2)NC1C(C)C. The number of likely N-dealkylation sites (tertiary alicyclic amines) is 1. The molecule has 3 rings (SSSR count). The van der Waals surface area contributed by atoms with Crippen LogP contribution in [-0.4, -0.2) is 53.1 Å². The second-order valence-electron chi connectivity index (χ2n) is 7.50. The predicted molar refractivity (Wildman–Crippen MR) is 84.9 cm³/mol. The third-order valence-electron chi connectivity index (χ3n) is 5.83. The Morgan fingerprint density at radius 2 is 2.00 bits per heavy atom. The van der Waals surface area contributed by atoms with Gasteiger partial charge >= 0.3 is 0 Å². The maximum atomic E-state index is 13.1. The summed E-state index contributed by atoms with van der Waals surface area (Å²) in [5.41, 5.74) is -0.218. The van der Waals surface area contributed by atoms with Crippen molar-refractivity contribution in [3.8, 4) is 0 Å². The van der Waals surface area contributed by atoms with Gasteiger partial charge in [-0.05, 0) is 44.7 Å². The molecule has 2 aliphatic heterocycles. The van der Waals surface area contributed by atoms with Gasteiger partial charge in [0.2, 0.25) is 5.91 Å². The van der Waals surface area contributed by atoms with Gasteiger partial charge in [0.1, 0.15) is 0 Å². The van der Waals surface area contributed by atoms with E-state index in [1.807, 2.05) is 0 Å². The molecule has 3 aliphatic rings. The summed E-state index contributed by atoms with van der Waals surface area (Å²) < 4.78 is 0. The Hall–Kier alpha value is -0.610. The molecule has 2 saturated heterocycles. The van der Waals surface area contributed by atoms with Crippen LogP contribution in [0.1, 0.15) is 59.3 Å². The normalized spacial score (nSPS) is 33.0. The van der Waals surface area contributed by atoms with E-state index in [-0.39, 0.29) is 11.7 Å². The van der Waals surface area contributed by atoms with Crippen LogP contribution in [0.4, 0.5) is 0 Å². The Balaban J connectivity index is 1.76. The molecule has 21 heavy (non-hydrogen) atoms. The van der Waals surface area contributed by atoms with Crippen molar-refractivity contribution in [2.24, 2.45) is 5.92 Å².